The quantitative estimate of drug-likeness (QED) is 0.865. The van der Waals surface area contributed by atoms with Crippen molar-refractivity contribution in [2.24, 2.45) is 11.8 Å². The van der Waals surface area contributed by atoms with Crippen molar-refractivity contribution in [1.82, 2.24) is 14.8 Å². The monoisotopic (exact) mass is 335 g/mol. The minimum absolute atomic E-state index is 0.159. The lowest BCUT2D eigenvalue weighted by atomic mass is 10.0. The third kappa shape index (κ3) is 3.19. The number of benzene rings is 1. The Kier molecular flexibility index (Phi) is 4.30. The normalized spacial score (nSPS) is 23.0. The van der Waals surface area contributed by atoms with Gasteiger partial charge < -0.3 is 4.90 Å². The Bertz CT molecular complexity index is 740. The number of rotatable bonds is 3. The summed E-state index contributed by atoms with van der Waals surface area (Å²) in [5.41, 5.74) is 4.04. The van der Waals surface area contributed by atoms with E-state index in [0.29, 0.717) is 11.8 Å². The molecular weight excluding hydrogens is 310 g/mol. The molecule has 0 saturated carbocycles. The Morgan fingerprint density at radius 1 is 1.04 bits per heavy atom. The molecule has 0 N–H and O–H groups in total. The van der Waals surface area contributed by atoms with Crippen molar-refractivity contribution in [3.8, 4) is 0 Å². The number of carbonyl (C=O) groups is 1. The molecule has 0 aliphatic carbocycles. The van der Waals surface area contributed by atoms with Gasteiger partial charge in [0.1, 0.15) is 0 Å². The maximum absolute atomic E-state index is 13.0. The van der Waals surface area contributed by atoms with Crippen LogP contribution in [0.5, 0.6) is 0 Å². The molecule has 130 valence electrons. The molecule has 2 unspecified atom stereocenters. The molecule has 2 aliphatic heterocycles. The number of hydrogen-bond donors (Lipinski definition) is 0. The molecule has 3 heterocycles. The fourth-order valence-corrected chi connectivity index (χ4v) is 4.40. The van der Waals surface area contributed by atoms with Gasteiger partial charge in [0, 0.05) is 38.9 Å². The minimum atomic E-state index is 0.159. The van der Waals surface area contributed by atoms with E-state index in [-0.39, 0.29) is 5.91 Å². The molecule has 2 atom stereocenters. The summed E-state index contributed by atoms with van der Waals surface area (Å²) in [7, 11) is 0. The van der Waals surface area contributed by atoms with Gasteiger partial charge in [-0.05, 0) is 42.9 Å². The van der Waals surface area contributed by atoms with Crippen LogP contribution in [0.3, 0.4) is 0 Å². The summed E-state index contributed by atoms with van der Waals surface area (Å²) < 4.78 is 0. The van der Waals surface area contributed by atoms with Crippen LogP contribution in [0.15, 0.2) is 42.6 Å². The van der Waals surface area contributed by atoms with Crippen LogP contribution < -0.4 is 0 Å². The van der Waals surface area contributed by atoms with Gasteiger partial charge in [0.15, 0.2) is 0 Å². The first kappa shape index (κ1) is 16.3. The third-order valence-corrected chi connectivity index (χ3v) is 5.66. The summed E-state index contributed by atoms with van der Waals surface area (Å²) in [5, 5.41) is 0. The number of aryl methyl sites for hydroxylation is 2. The van der Waals surface area contributed by atoms with Gasteiger partial charge in [-0.25, -0.2) is 0 Å². The number of nitrogens with zero attached hydrogens (tertiary/aromatic N) is 3. The van der Waals surface area contributed by atoms with Gasteiger partial charge in [0.25, 0.3) is 5.91 Å². The SMILES string of the molecule is Cc1ccnc(C)c1C(=O)N1CC2CN(Cc3ccccc3)CC2C1. The van der Waals surface area contributed by atoms with E-state index in [4.69, 9.17) is 0 Å². The Labute approximate surface area is 149 Å². The summed E-state index contributed by atoms with van der Waals surface area (Å²) in [4.78, 5) is 21.9. The molecule has 1 aromatic heterocycles. The Hall–Kier alpha value is -2.20. The van der Waals surface area contributed by atoms with Gasteiger partial charge in [0.05, 0.1) is 11.3 Å². The van der Waals surface area contributed by atoms with Crippen LogP contribution in [0.2, 0.25) is 0 Å². The molecule has 4 nitrogen and oxygen atoms in total. The topological polar surface area (TPSA) is 36.4 Å². The maximum Gasteiger partial charge on any atom is 0.255 e. The molecule has 4 heteroatoms. The number of aromatic nitrogens is 1. The van der Waals surface area contributed by atoms with Crippen molar-refractivity contribution in [3.63, 3.8) is 0 Å². The number of carbonyl (C=O) groups excluding carboxylic acids is 1. The molecule has 25 heavy (non-hydrogen) atoms. The molecule has 1 amide bonds. The molecule has 0 bridgehead atoms. The lowest BCUT2D eigenvalue weighted by molar-refractivity contribution is 0.0771. The standard InChI is InChI=1S/C21H25N3O/c1-15-8-9-22-16(2)20(15)21(25)24-13-18-11-23(12-19(18)14-24)10-17-6-4-3-5-7-17/h3-9,18-19H,10-14H2,1-2H3. The Balaban J connectivity index is 1.40. The van der Waals surface area contributed by atoms with E-state index in [0.717, 1.165) is 49.5 Å². The predicted molar refractivity (Wildman–Crippen MR) is 98.3 cm³/mol. The van der Waals surface area contributed by atoms with Crippen LogP contribution in [0, 0.1) is 25.7 Å². The van der Waals surface area contributed by atoms with Crippen molar-refractivity contribution >= 4 is 5.91 Å². The van der Waals surface area contributed by atoms with Gasteiger partial charge in [-0.1, -0.05) is 30.3 Å². The lowest BCUT2D eigenvalue weighted by Crippen LogP contribution is -2.34. The van der Waals surface area contributed by atoms with Crippen LogP contribution >= 0.6 is 0 Å². The number of likely N-dealkylation sites (tertiary alicyclic amines) is 2. The van der Waals surface area contributed by atoms with E-state index in [1.165, 1.54) is 5.56 Å². The second kappa shape index (κ2) is 6.60. The zero-order valence-corrected chi connectivity index (χ0v) is 15.0. The van der Waals surface area contributed by atoms with Crippen LogP contribution in [0.1, 0.15) is 27.2 Å². The molecular formula is C21H25N3O. The van der Waals surface area contributed by atoms with Crippen molar-refractivity contribution in [2.45, 2.75) is 20.4 Å². The van der Waals surface area contributed by atoms with Crippen LogP contribution in [0.25, 0.3) is 0 Å². The van der Waals surface area contributed by atoms with Crippen molar-refractivity contribution < 1.29 is 4.79 Å². The van der Waals surface area contributed by atoms with Gasteiger partial charge in [-0.15, -0.1) is 0 Å². The van der Waals surface area contributed by atoms with Crippen molar-refractivity contribution in [1.29, 1.82) is 0 Å². The van der Waals surface area contributed by atoms with Crippen LogP contribution in [-0.4, -0.2) is 46.9 Å². The number of fused-ring (bicyclic) bond motifs is 1. The summed E-state index contributed by atoms with van der Waals surface area (Å²) in [6.07, 6.45) is 1.78. The molecule has 2 saturated heterocycles. The summed E-state index contributed by atoms with van der Waals surface area (Å²) in [5.74, 6) is 1.36. The third-order valence-electron chi connectivity index (χ3n) is 5.66. The van der Waals surface area contributed by atoms with E-state index in [9.17, 15) is 4.79 Å². The largest absolute Gasteiger partial charge is 0.338 e. The lowest BCUT2D eigenvalue weighted by Gasteiger charge is -2.22. The molecule has 4 rings (SSSR count). The molecule has 1 aromatic carbocycles. The molecule has 0 spiro atoms. The molecule has 0 radical (unpaired) electrons. The smallest absolute Gasteiger partial charge is 0.255 e. The molecule has 2 fully saturated rings. The van der Waals surface area contributed by atoms with Gasteiger partial charge >= 0.3 is 0 Å². The number of amides is 1. The van der Waals surface area contributed by atoms with Crippen LogP contribution in [0.4, 0.5) is 0 Å². The predicted octanol–water partition coefficient (Wildman–Crippen LogP) is 2.90. The highest BCUT2D eigenvalue weighted by atomic mass is 16.2. The second-order valence-corrected chi connectivity index (χ2v) is 7.50. The molecule has 2 aliphatic rings. The van der Waals surface area contributed by atoms with Crippen molar-refractivity contribution in [2.75, 3.05) is 26.2 Å². The molecule has 2 aromatic rings. The highest BCUT2D eigenvalue weighted by Crippen LogP contribution is 2.33. The highest BCUT2D eigenvalue weighted by Gasteiger charge is 2.41. The number of pyridine rings is 1. The second-order valence-electron chi connectivity index (χ2n) is 7.50. The van der Waals surface area contributed by atoms with Crippen molar-refractivity contribution in [3.05, 3.63) is 65.0 Å². The first-order chi connectivity index (χ1) is 12.1. The van der Waals surface area contributed by atoms with E-state index in [1.807, 2.05) is 24.8 Å². The fraction of sp³-hybridized carbons (Fsp3) is 0.429. The maximum atomic E-state index is 13.0. The fourth-order valence-electron chi connectivity index (χ4n) is 4.40. The minimum Gasteiger partial charge on any atom is -0.338 e. The average Bonchev–Trinajstić information content (AvgIpc) is 3.14. The zero-order chi connectivity index (χ0) is 17.4. The Morgan fingerprint density at radius 2 is 1.72 bits per heavy atom. The summed E-state index contributed by atoms with van der Waals surface area (Å²) in [6, 6.07) is 12.6. The van der Waals surface area contributed by atoms with E-state index in [2.05, 4.69) is 40.2 Å². The van der Waals surface area contributed by atoms with Gasteiger partial charge in [-0.2, -0.15) is 0 Å². The Morgan fingerprint density at radius 3 is 2.36 bits per heavy atom. The van der Waals surface area contributed by atoms with E-state index >= 15 is 0 Å². The highest BCUT2D eigenvalue weighted by molar-refractivity contribution is 5.96. The number of hydrogen-bond acceptors (Lipinski definition) is 3. The van der Waals surface area contributed by atoms with E-state index < -0.39 is 0 Å². The average molecular weight is 335 g/mol. The van der Waals surface area contributed by atoms with Gasteiger partial charge in [-0.3, -0.25) is 14.7 Å². The van der Waals surface area contributed by atoms with Gasteiger partial charge in [0.2, 0.25) is 0 Å². The summed E-state index contributed by atoms with van der Waals surface area (Å²) >= 11 is 0. The summed E-state index contributed by atoms with van der Waals surface area (Å²) in [6.45, 7) is 8.88. The van der Waals surface area contributed by atoms with Crippen LogP contribution in [-0.2, 0) is 6.54 Å². The first-order valence-corrected chi connectivity index (χ1v) is 9.09. The zero-order valence-electron chi connectivity index (χ0n) is 15.0. The van der Waals surface area contributed by atoms with E-state index in [1.54, 1.807) is 6.20 Å². The first-order valence-electron chi connectivity index (χ1n) is 9.09.